The highest BCUT2D eigenvalue weighted by atomic mass is 32.1. The van der Waals surface area contributed by atoms with Crippen molar-refractivity contribution in [2.24, 2.45) is 5.92 Å². The number of methoxy groups -OCH3 is 1. The zero-order valence-corrected chi connectivity index (χ0v) is 13.5. The van der Waals surface area contributed by atoms with Gasteiger partial charge in [0.1, 0.15) is 6.10 Å². The molecule has 0 saturated heterocycles. The predicted octanol–water partition coefficient (Wildman–Crippen LogP) is 3.60. The van der Waals surface area contributed by atoms with E-state index in [-0.39, 0.29) is 5.92 Å². The van der Waals surface area contributed by atoms with Crippen molar-refractivity contribution in [1.82, 2.24) is 14.5 Å². The maximum atomic E-state index is 10.5. The second kappa shape index (κ2) is 7.19. The Bertz CT molecular complexity index is 590. The topological polar surface area (TPSA) is 81.3 Å². The average Bonchev–Trinajstić information content (AvgIpc) is 3.15. The highest BCUT2D eigenvalue weighted by Gasteiger charge is 2.27. The molecule has 1 atom stereocenters. The van der Waals surface area contributed by atoms with Crippen LogP contribution in [0.2, 0.25) is 0 Å². The second-order valence-corrected chi connectivity index (χ2v) is 6.54. The van der Waals surface area contributed by atoms with Crippen molar-refractivity contribution in [2.75, 3.05) is 7.11 Å². The molecular formula is C15H21N3O3S. The number of aliphatic hydroxyl groups excluding tert-OH is 1. The number of nitrogens with zero attached hydrogens (tertiary/aromatic N) is 3. The summed E-state index contributed by atoms with van der Waals surface area (Å²) in [5, 5.41) is 14.5. The largest absolute Gasteiger partial charge is 0.480 e. The van der Waals surface area contributed by atoms with E-state index in [9.17, 15) is 5.11 Å². The van der Waals surface area contributed by atoms with Crippen molar-refractivity contribution in [3.63, 3.8) is 0 Å². The summed E-state index contributed by atoms with van der Waals surface area (Å²) in [6, 6.07) is 1.77. The SMILES string of the molecule is COc1cc(-c2noc(C(O)C3CCCCCCC3)n2)sn1. The predicted molar refractivity (Wildman–Crippen MR) is 82.7 cm³/mol. The van der Waals surface area contributed by atoms with Crippen LogP contribution >= 0.6 is 11.5 Å². The van der Waals surface area contributed by atoms with E-state index in [4.69, 9.17) is 9.26 Å². The van der Waals surface area contributed by atoms with Crippen LogP contribution in [-0.2, 0) is 0 Å². The number of ether oxygens (including phenoxy) is 1. The van der Waals surface area contributed by atoms with Crippen LogP contribution in [0.15, 0.2) is 10.6 Å². The normalized spacial score (nSPS) is 18.6. The molecule has 1 fully saturated rings. The highest BCUT2D eigenvalue weighted by molar-refractivity contribution is 7.09. The van der Waals surface area contributed by atoms with E-state index in [1.165, 1.54) is 30.8 Å². The van der Waals surface area contributed by atoms with Gasteiger partial charge in [-0.2, -0.15) is 9.36 Å². The van der Waals surface area contributed by atoms with Crippen LogP contribution in [0.5, 0.6) is 5.88 Å². The van der Waals surface area contributed by atoms with Crippen LogP contribution in [0, 0.1) is 5.92 Å². The maximum Gasteiger partial charge on any atom is 0.256 e. The van der Waals surface area contributed by atoms with Gasteiger partial charge in [0, 0.05) is 6.07 Å². The minimum atomic E-state index is -0.672. The molecule has 2 aromatic rings. The summed E-state index contributed by atoms with van der Waals surface area (Å²) in [7, 11) is 1.57. The van der Waals surface area contributed by atoms with Crippen molar-refractivity contribution in [3.05, 3.63) is 12.0 Å². The van der Waals surface area contributed by atoms with Crippen molar-refractivity contribution >= 4 is 11.5 Å². The third kappa shape index (κ3) is 3.47. The molecule has 0 aromatic carbocycles. The Morgan fingerprint density at radius 1 is 1.27 bits per heavy atom. The van der Waals surface area contributed by atoms with Crippen LogP contribution in [0.1, 0.15) is 56.9 Å². The molecule has 1 N–H and O–H groups in total. The molecule has 22 heavy (non-hydrogen) atoms. The molecule has 1 aliphatic carbocycles. The molecule has 2 aromatic heterocycles. The standard InChI is InChI=1S/C15H21N3O3S/c1-20-12-9-11(22-18-12)14-16-15(21-17-14)13(19)10-7-5-3-2-4-6-8-10/h9-10,13,19H,2-8H2,1H3. The molecule has 1 unspecified atom stereocenters. The molecule has 7 heteroatoms. The molecule has 120 valence electrons. The summed E-state index contributed by atoms with van der Waals surface area (Å²) >= 11 is 1.25. The Hall–Kier alpha value is -1.47. The van der Waals surface area contributed by atoms with E-state index in [2.05, 4.69) is 14.5 Å². The van der Waals surface area contributed by atoms with E-state index in [1.54, 1.807) is 13.2 Å². The quantitative estimate of drug-likeness (QED) is 0.926. The molecule has 0 amide bonds. The first kappa shape index (κ1) is 15.4. The molecule has 0 bridgehead atoms. The average molecular weight is 323 g/mol. The molecule has 1 saturated carbocycles. The molecule has 0 spiro atoms. The minimum absolute atomic E-state index is 0.213. The molecule has 6 nitrogen and oxygen atoms in total. The van der Waals surface area contributed by atoms with E-state index >= 15 is 0 Å². The van der Waals surface area contributed by atoms with Gasteiger partial charge in [-0.1, -0.05) is 37.3 Å². The smallest absolute Gasteiger partial charge is 0.256 e. The summed E-state index contributed by atoms with van der Waals surface area (Å²) in [6.45, 7) is 0. The van der Waals surface area contributed by atoms with Gasteiger partial charge in [0.15, 0.2) is 0 Å². The van der Waals surface area contributed by atoms with Crippen LogP contribution < -0.4 is 4.74 Å². The van der Waals surface area contributed by atoms with E-state index in [0.717, 1.165) is 30.6 Å². The van der Waals surface area contributed by atoms with Gasteiger partial charge < -0.3 is 14.4 Å². The zero-order valence-electron chi connectivity index (χ0n) is 12.7. The van der Waals surface area contributed by atoms with Gasteiger partial charge >= 0.3 is 0 Å². The Morgan fingerprint density at radius 3 is 2.68 bits per heavy atom. The van der Waals surface area contributed by atoms with Crippen LogP contribution in [0.25, 0.3) is 10.7 Å². The first-order chi connectivity index (χ1) is 10.8. The maximum absolute atomic E-state index is 10.5. The van der Waals surface area contributed by atoms with Crippen LogP contribution in [0.3, 0.4) is 0 Å². The zero-order chi connectivity index (χ0) is 15.4. The van der Waals surface area contributed by atoms with Crippen LogP contribution in [-0.4, -0.2) is 26.7 Å². The molecule has 1 aliphatic rings. The number of aromatic nitrogens is 3. The van der Waals surface area contributed by atoms with Crippen molar-refractivity contribution in [2.45, 2.75) is 51.0 Å². The van der Waals surface area contributed by atoms with E-state index in [0.29, 0.717) is 17.6 Å². The van der Waals surface area contributed by atoms with E-state index in [1.807, 2.05) is 0 Å². The van der Waals surface area contributed by atoms with Crippen molar-refractivity contribution < 1.29 is 14.4 Å². The van der Waals surface area contributed by atoms with Gasteiger partial charge in [-0.25, -0.2) is 0 Å². The van der Waals surface area contributed by atoms with Gasteiger partial charge in [0.25, 0.3) is 5.89 Å². The lowest BCUT2D eigenvalue weighted by Crippen LogP contribution is -2.14. The molecular weight excluding hydrogens is 302 g/mol. The third-order valence-corrected chi connectivity index (χ3v) is 4.98. The Labute approximate surface area is 133 Å². The lowest BCUT2D eigenvalue weighted by atomic mass is 9.87. The second-order valence-electron chi connectivity index (χ2n) is 5.74. The number of hydrogen-bond donors (Lipinski definition) is 1. The third-order valence-electron chi connectivity index (χ3n) is 4.21. The monoisotopic (exact) mass is 323 g/mol. The van der Waals surface area contributed by atoms with Crippen molar-refractivity contribution in [1.29, 1.82) is 0 Å². The first-order valence-corrected chi connectivity index (χ1v) is 8.58. The lowest BCUT2D eigenvalue weighted by Gasteiger charge is -2.22. The van der Waals surface area contributed by atoms with Crippen LogP contribution in [0.4, 0.5) is 0 Å². The Kier molecular flexibility index (Phi) is 5.04. The summed E-state index contributed by atoms with van der Waals surface area (Å²) in [4.78, 5) is 5.12. The Morgan fingerprint density at radius 2 is 2.00 bits per heavy atom. The molecule has 2 heterocycles. The fourth-order valence-electron chi connectivity index (χ4n) is 2.92. The fourth-order valence-corrected chi connectivity index (χ4v) is 3.55. The molecule has 3 rings (SSSR count). The lowest BCUT2D eigenvalue weighted by molar-refractivity contribution is 0.0605. The first-order valence-electron chi connectivity index (χ1n) is 7.80. The Balaban J connectivity index is 1.71. The molecule has 0 radical (unpaired) electrons. The highest BCUT2D eigenvalue weighted by Crippen LogP contribution is 2.33. The molecule has 0 aliphatic heterocycles. The van der Waals surface area contributed by atoms with Gasteiger partial charge in [-0.05, 0) is 30.3 Å². The van der Waals surface area contributed by atoms with Gasteiger partial charge in [-0.15, -0.1) is 0 Å². The number of aliphatic hydroxyl groups is 1. The summed E-state index contributed by atoms with van der Waals surface area (Å²) in [5.74, 6) is 1.52. The number of hydrogen-bond acceptors (Lipinski definition) is 7. The van der Waals surface area contributed by atoms with E-state index < -0.39 is 6.10 Å². The summed E-state index contributed by atoms with van der Waals surface area (Å²) < 4.78 is 14.4. The number of rotatable bonds is 4. The van der Waals surface area contributed by atoms with Crippen molar-refractivity contribution in [3.8, 4) is 16.6 Å². The minimum Gasteiger partial charge on any atom is -0.480 e. The summed E-state index contributed by atoms with van der Waals surface area (Å²) in [5.41, 5.74) is 0. The van der Waals surface area contributed by atoms with Gasteiger partial charge in [0.2, 0.25) is 11.7 Å². The fraction of sp³-hybridized carbons (Fsp3) is 0.667. The van der Waals surface area contributed by atoms with Gasteiger partial charge in [0.05, 0.1) is 12.0 Å². The summed E-state index contributed by atoms with van der Waals surface area (Å²) in [6.07, 6.45) is 7.50. The van der Waals surface area contributed by atoms with Gasteiger partial charge in [-0.3, -0.25) is 0 Å².